The third-order valence-electron chi connectivity index (χ3n) is 2.15. The zero-order chi connectivity index (χ0) is 15.9. The van der Waals surface area contributed by atoms with Crippen molar-refractivity contribution in [3.63, 3.8) is 0 Å². The van der Waals surface area contributed by atoms with Crippen LogP contribution in [0.1, 0.15) is 52.9 Å². The molecule has 0 saturated carbocycles. The predicted octanol–water partition coefficient (Wildman–Crippen LogP) is 2.97. The highest BCUT2D eigenvalue weighted by Gasteiger charge is 2.13. The largest absolute Gasteiger partial charge is 0.425 e. The van der Waals surface area contributed by atoms with Crippen LogP contribution in [0.5, 0.6) is 0 Å². The molecule has 0 rings (SSSR count). The van der Waals surface area contributed by atoms with Gasteiger partial charge in [0.05, 0.1) is 6.42 Å². The van der Waals surface area contributed by atoms with Crippen molar-refractivity contribution in [2.45, 2.75) is 59.2 Å². The molecule has 0 aliphatic carbocycles. The van der Waals surface area contributed by atoms with Crippen LogP contribution >= 0.6 is 0 Å². The summed E-state index contributed by atoms with van der Waals surface area (Å²) >= 11 is 0. The van der Waals surface area contributed by atoms with Gasteiger partial charge in [0.25, 0.3) is 0 Å². The summed E-state index contributed by atoms with van der Waals surface area (Å²) in [6.07, 6.45) is 6.22. The molecule has 0 atom stereocenters. The molecule has 0 heterocycles. The van der Waals surface area contributed by atoms with Crippen molar-refractivity contribution in [2.24, 2.45) is 0 Å². The van der Waals surface area contributed by atoms with Crippen molar-refractivity contribution >= 4 is 11.9 Å². The zero-order valence-corrected chi connectivity index (χ0v) is 12.9. The van der Waals surface area contributed by atoms with Crippen LogP contribution in [0.4, 0.5) is 0 Å². The van der Waals surface area contributed by atoms with E-state index in [1.807, 2.05) is 19.1 Å². The van der Waals surface area contributed by atoms with E-state index in [-0.39, 0.29) is 0 Å². The molecular formula is C17H22O4. The van der Waals surface area contributed by atoms with Crippen molar-refractivity contribution in [2.75, 3.05) is 0 Å². The van der Waals surface area contributed by atoms with Crippen molar-refractivity contribution in [3.8, 4) is 23.7 Å². The lowest BCUT2D eigenvalue weighted by Crippen LogP contribution is -2.22. The monoisotopic (exact) mass is 290 g/mol. The van der Waals surface area contributed by atoms with Gasteiger partial charge in [-0.25, -0.2) is 0 Å². The fourth-order valence-corrected chi connectivity index (χ4v) is 1.37. The van der Waals surface area contributed by atoms with Crippen molar-refractivity contribution in [1.82, 2.24) is 0 Å². The van der Waals surface area contributed by atoms with Crippen LogP contribution in [-0.4, -0.2) is 18.2 Å². The van der Waals surface area contributed by atoms with Crippen LogP contribution in [0.2, 0.25) is 0 Å². The van der Waals surface area contributed by atoms with E-state index in [1.165, 1.54) is 13.8 Å². The molecule has 0 aromatic carbocycles. The molecule has 0 unspecified atom stereocenters. The lowest BCUT2D eigenvalue weighted by molar-refractivity contribution is -0.185. The SMILES string of the molecule is CCC#CCC#CC/C=C/CCC(OC(C)=O)OC(C)=O. The fraction of sp³-hybridized carbons (Fsp3) is 0.529. The van der Waals surface area contributed by atoms with Gasteiger partial charge < -0.3 is 9.47 Å². The van der Waals surface area contributed by atoms with E-state index in [4.69, 9.17) is 9.47 Å². The second-order valence-electron chi connectivity index (χ2n) is 4.14. The fourth-order valence-electron chi connectivity index (χ4n) is 1.37. The number of esters is 2. The van der Waals surface area contributed by atoms with E-state index in [0.29, 0.717) is 25.7 Å². The zero-order valence-electron chi connectivity index (χ0n) is 12.9. The summed E-state index contributed by atoms with van der Waals surface area (Å²) in [5.41, 5.74) is 0. The Kier molecular flexibility index (Phi) is 11.5. The highest BCUT2D eigenvalue weighted by molar-refractivity contribution is 5.68. The summed E-state index contributed by atoms with van der Waals surface area (Å²) in [6, 6.07) is 0. The van der Waals surface area contributed by atoms with Crippen LogP contribution in [0, 0.1) is 23.7 Å². The summed E-state index contributed by atoms with van der Waals surface area (Å²) in [7, 11) is 0. The Labute approximate surface area is 126 Å². The Morgan fingerprint density at radius 1 is 1.00 bits per heavy atom. The number of hydrogen-bond donors (Lipinski definition) is 0. The number of ether oxygens (including phenoxy) is 2. The minimum Gasteiger partial charge on any atom is -0.425 e. The van der Waals surface area contributed by atoms with E-state index in [0.717, 1.165) is 6.42 Å². The maximum Gasteiger partial charge on any atom is 0.305 e. The molecule has 0 aromatic heterocycles. The maximum atomic E-state index is 10.9. The molecule has 0 bridgehead atoms. The normalized spacial score (nSPS) is 9.52. The van der Waals surface area contributed by atoms with E-state index in [2.05, 4.69) is 23.7 Å². The van der Waals surface area contributed by atoms with Crippen molar-refractivity contribution < 1.29 is 19.1 Å². The van der Waals surface area contributed by atoms with Gasteiger partial charge in [-0.15, -0.1) is 5.92 Å². The first-order valence-corrected chi connectivity index (χ1v) is 6.97. The molecule has 0 aromatic rings. The highest BCUT2D eigenvalue weighted by Crippen LogP contribution is 2.06. The third kappa shape index (κ3) is 14.0. The average Bonchev–Trinajstić information content (AvgIpc) is 2.39. The molecular weight excluding hydrogens is 268 g/mol. The Morgan fingerprint density at radius 2 is 1.62 bits per heavy atom. The molecule has 4 heteroatoms. The van der Waals surface area contributed by atoms with Gasteiger partial charge in [0.2, 0.25) is 6.29 Å². The average molecular weight is 290 g/mol. The Balaban J connectivity index is 3.94. The van der Waals surface area contributed by atoms with Crippen molar-refractivity contribution in [1.29, 1.82) is 0 Å². The first-order valence-electron chi connectivity index (χ1n) is 6.97. The summed E-state index contributed by atoms with van der Waals surface area (Å²) in [4.78, 5) is 21.7. The van der Waals surface area contributed by atoms with Gasteiger partial charge in [0.1, 0.15) is 0 Å². The van der Waals surface area contributed by atoms with Gasteiger partial charge in [-0.3, -0.25) is 9.59 Å². The summed E-state index contributed by atoms with van der Waals surface area (Å²) < 4.78 is 9.77. The van der Waals surface area contributed by atoms with E-state index in [9.17, 15) is 9.59 Å². The second-order valence-corrected chi connectivity index (χ2v) is 4.14. The number of carbonyl (C=O) groups is 2. The molecule has 0 aliphatic heterocycles. The molecule has 114 valence electrons. The topological polar surface area (TPSA) is 52.6 Å². The first kappa shape index (κ1) is 18.8. The highest BCUT2D eigenvalue weighted by atomic mass is 16.7. The molecule has 0 amide bonds. The van der Waals surface area contributed by atoms with Crippen LogP contribution in [0.15, 0.2) is 12.2 Å². The Hall–Kier alpha value is -2.20. The minimum absolute atomic E-state index is 0.436. The molecule has 0 saturated heterocycles. The molecule has 0 radical (unpaired) electrons. The van der Waals surface area contributed by atoms with Crippen LogP contribution < -0.4 is 0 Å². The van der Waals surface area contributed by atoms with Crippen LogP contribution in [-0.2, 0) is 19.1 Å². The van der Waals surface area contributed by atoms with Crippen molar-refractivity contribution in [3.05, 3.63) is 12.2 Å². The number of allylic oxidation sites excluding steroid dienone is 2. The minimum atomic E-state index is -0.819. The van der Waals surface area contributed by atoms with Gasteiger partial charge in [0.15, 0.2) is 0 Å². The lowest BCUT2D eigenvalue weighted by atomic mass is 10.2. The number of hydrogen-bond acceptors (Lipinski definition) is 4. The van der Waals surface area contributed by atoms with Crippen LogP contribution in [0.25, 0.3) is 0 Å². The maximum absolute atomic E-state index is 10.9. The van der Waals surface area contributed by atoms with Gasteiger partial charge in [-0.2, -0.15) is 0 Å². The smallest absolute Gasteiger partial charge is 0.305 e. The quantitative estimate of drug-likeness (QED) is 0.326. The number of carbonyl (C=O) groups excluding carboxylic acids is 2. The summed E-state index contributed by atoms with van der Waals surface area (Å²) in [5, 5.41) is 0. The lowest BCUT2D eigenvalue weighted by Gasteiger charge is -2.15. The molecule has 4 nitrogen and oxygen atoms in total. The third-order valence-corrected chi connectivity index (χ3v) is 2.15. The molecule has 0 N–H and O–H groups in total. The van der Waals surface area contributed by atoms with E-state index in [1.54, 1.807) is 0 Å². The predicted molar refractivity (Wildman–Crippen MR) is 80.8 cm³/mol. The number of rotatable bonds is 6. The van der Waals surface area contributed by atoms with Gasteiger partial charge >= 0.3 is 11.9 Å². The Morgan fingerprint density at radius 3 is 2.19 bits per heavy atom. The molecule has 0 aliphatic rings. The van der Waals surface area contributed by atoms with Crippen LogP contribution in [0.3, 0.4) is 0 Å². The van der Waals surface area contributed by atoms with Gasteiger partial charge in [-0.05, 0) is 6.42 Å². The van der Waals surface area contributed by atoms with E-state index >= 15 is 0 Å². The standard InChI is InChI=1S/C17H22O4/c1-4-5-6-7-8-9-10-11-12-13-14-17(20-15(2)18)21-16(3)19/h11-12,17H,4,7,10,13-14H2,1-3H3/b12-11+. The molecule has 0 fully saturated rings. The first-order chi connectivity index (χ1) is 10.1. The van der Waals surface area contributed by atoms with E-state index < -0.39 is 18.2 Å². The second kappa shape index (κ2) is 12.8. The molecule has 0 spiro atoms. The Bertz CT molecular complexity index is 452. The summed E-state index contributed by atoms with van der Waals surface area (Å²) in [6.45, 7) is 4.56. The molecule has 21 heavy (non-hydrogen) atoms. The van der Waals surface area contributed by atoms with Gasteiger partial charge in [-0.1, -0.05) is 36.8 Å². The summed E-state index contributed by atoms with van der Waals surface area (Å²) in [5.74, 6) is 10.9. The van der Waals surface area contributed by atoms with Gasteiger partial charge in [0, 0.05) is 33.1 Å².